The molecule has 25 heavy (non-hydrogen) atoms. The van der Waals surface area contributed by atoms with E-state index in [1.54, 1.807) is 0 Å². The first-order valence-electron chi connectivity index (χ1n) is 8.97. The van der Waals surface area contributed by atoms with E-state index in [1.807, 2.05) is 40.7 Å². The Balaban J connectivity index is 1.79. The molecule has 0 spiro atoms. The van der Waals surface area contributed by atoms with Crippen LogP contribution in [-0.2, 0) is 22.2 Å². The second-order valence-corrected chi connectivity index (χ2v) is 8.17. The maximum atomic E-state index is 15.2. The first-order valence-corrected chi connectivity index (χ1v) is 8.97. The minimum absolute atomic E-state index is 0.321. The molecular weight excluding hydrogens is 314 g/mol. The predicted octanol–water partition coefficient (Wildman–Crippen LogP) is 5.27. The highest BCUT2D eigenvalue weighted by Gasteiger charge is 2.53. The van der Waals surface area contributed by atoms with Crippen molar-refractivity contribution >= 4 is 23.5 Å². The molecule has 0 aromatic heterocycles. The zero-order valence-electron chi connectivity index (χ0n) is 15.6. The zero-order chi connectivity index (χ0) is 18.0. The Morgan fingerprint density at radius 3 is 2.36 bits per heavy atom. The van der Waals surface area contributed by atoms with Crippen molar-refractivity contribution in [3.63, 3.8) is 0 Å². The van der Waals surface area contributed by atoms with E-state index in [0.29, 0.717) is 5.57 Å². The van der Waals surface area contributed by atoms with Crippen LogP contribution in [0.2, 0.25) is 0 Å². The fourth-order valence-electron chi connectivity index (χ4n) is 3.87. The number of allylic oxidation sites excluding steroid dienone is 1. The second kappa shape index (κ2) is 5.42. The molecule has 130 valence electrons. The van der Waals surface area contributed by atoms with Gasteiger partial charge in [0.15, 0.2) is 0 Å². The van der Waals surface area contributed by atoms with Gasteiger partial charge in [0, 0.05) is 0 Å². The molecule has 0 radical (unpaired) electrons. The number of aryl methyl sites for hydroxylation is 2. The van der Waals surface area contributed by atoms with Gasteiger partial charge in [-0.3, -0.25) is 0 Å². The van der Waals surface area contributed by atoms with Crippen LogP contribution in [0.25, 0.3) is 16.3 Å². The van der Waals surface area contributed by atoms with Crippen molar-refractivity contribution in [2.75, 3.05) is 0 Å². The van der Waals surface area contributed by atoms with Crippen LogP contribution in [0.15, 0.2) is 36.1 Å². The molecule has 0 unspecified atom stereocenters. The SMILES string of the molecule is CC(=C(F)B1OC(C)(C)C(C)(C)O1)c1ccc2cccc3c2c1CC3. The molecule has 2 nitrogen and oxygen atoms in total. The number of rotatable bonds is 2. The first kappa shape index (κ1) is 16.8. The molecule has 0 atom stereocenters. The summed E-state index contributed by atoms with van der Waals surface area (Å²) in [5.74, 6) is 0. The first-order chi connectivity index (χ1) is 11.7. The molecule has 0 N–H and O–H groups in total. The molecule has 1 fully saturated rings. The van der Waals surface area contributed by atoms with E-state index in [9.17, 15) is 0 Å². The highest BCUT2D eigenvalue weighted by Crippen LogP contribution is 2.42. The molecular formula is C21H24BFO2. The van der Waals surface area contributed by atoms with E-state index in [1.165, 1.54) is 21.9 Å². The lowest BCUT2D eigenvalue weighted by Gasteiger charge is -2.32. The van der Waals surface area contributed by atoms with Crippen LogP contribution < -0.4 is 0 Å². The molecule has 1 saturated heterocycles. The summed E-state index contributed by atoms with van der Waals surface area (Å²) in [6, 6.07) is 10.5. The van der Waals surface area contributed by atoms with E-state index in [4.69, 9.17) is 9.31 Å². The summed E-state index contributed by atoms with van der Waals surface area (Å²) >= 11 is 0. The highest BCUT2D eigenvalue weighted by molar-refractivity contribution is 6.55. The van der Waals surface area contributed by atoms with Gasteiger partial charge in [-0.05, 0) is 80.5 Å². The van der Waals surface area contributed by atoms with Crippen molar-refractivity contribution in [2.45, 2.75) is 58.7 Å². The van der Waals surface area contributed by atoms with Gasteiger partial charge >= 0.3 is 7.12 Å². The van der Waals surface area contributed by atoms with Crippen molar-refractivity contribution in [2.24, 2.45) is 0 Å². The average molecular weight is 338 g/mol. The summed E-state index contributed by atoms with van der Waals surface area (Å²) < 4.78 is 27.0. The summed E-state index contributed by atoms with van der Waals surface area (Å²) in [7, 11) is -0.940. The maximum absolute atomic E-state index is 15.2. The standard InChI is InChI=1S/C21H24BFO2/c1-13(19(23)22-24-20(2,3)21(4,5)25-22)16-11-9-14-7-6-8-15-10-12-17(16)18(14)15/h6-9,11H,10,12H2,1-5H3. The summed E-state index contributed by atoms with van der Waals surface area (Å²) in [5, 5.41) is 2.53. The molecule has 4 heteroatoms. The van der Waals surface area contributed by atoms with Crippen molar-refractivity contribution in [3.05, 3.63) is 52.7 Å². The van der Waals surface area contributed by atoms with Crippen LogP contribution in [0.5, 0.6) is 0 Å². The maximum Gasteiger partial charge on any atom is 0.525 e. The molecule has 4 rings (SSSR count). The predicted molar refractivity (Wildman–Crippen MR) is 101 cm³/mol. The molecule has 2 aliphatic rings. The number of benzene rings is 2. The summed E-state index contributed by atoms with van der Waals surface area (Å²) in [4.78, 5) is 0. The largest absolute Gasteiger partial charge is 0.525 e. The molecule has 1 heterocycles. The lowest BCUT2D eigenvalue weighted by Crippen LogP contribution is -2.41. The molecule has 0 saturated carbocycles. The van der Waals surface area contributed by atoms with E-state index >= 15 is 4.39 Å². The van der Waals surface area contributed by atoms with Crippen LogP contribution in [0.3, 0.4) is 0 Å². The van der Waals surface area contributed by atoms with Crippen LogP contribution >= 0.6 is 0 Å². The smallest absolute Gasteiger partial charge is 0.398 e. The summed E-state index contributed by atoms with van der Waals surface area (Å²) in [6.07, 6.45) is 1.98. The van der Waals surface area contributed by atoms with Gasteiger partial charge < -0.3 is 9.31 Å². The third-order valence-corrected chi connectivity index (χ3v) is 6.11. The van der Waals surface area contributed by atoms with E-state index < -0.39 is 18.3 Å². The van der Waals surface area contributed by atoms with Gasteiger partial charge in [0.05, 0.1) is 11.2 Å². The Hall–Kier alpha value is -1.65. The third kappa shape index (κ3) is 2.46. The van der Waals surface area contributed by atoms with E-state index in [2.05, 4.69) is 24.3 Å². The van der Waals surface area contributed by atoms with Crippen molar-refractivity contribution < 1.29 is 13.7 Å². The van der Waals surface area contributed by atoms with Crippen LogP contribution in [-0.4, -0.2) is 18.3 Å². The Kier molecular flexibility index (Phi) is 3.65. The van der Waals surface area contributed by atoms with Crippen molar-refractivity contribution in [3.8, 4) is 0 Å². The number of hydrogen-bond donors (Lipinski definition) is 0. The Labute approximate surface area is 149 Å². The van der Waals surface area contributed by atoms with Gasteiger partial charge in [-0.25, -0.2) is 4.39 Å². The van der Waals surface area contributed by atoms with Gasteiger partial charge in [0.25, 0.3) is 0 Å². The molecule has 0 amide bonds. The lowest BCUT2D eigenvalue weighted by atomic mass is 9.82. The lowest BCUT2D eigenvalue weighted by molar-refractivity contribution is 0.00578. The normalized spacial score (nSPS) is 21.8. The fraction of sp³-hybridized carbons (Fsp3) is 0.429. The van der Waals surface area contributed by atoms with Gasteiger partial charge in [0.1, 0.15) is 5.73 Å². The van der Waals surface area contributed by atoms with Crippen molar-refractivity contribution in [1.29, 1.82) is 0 Å². The van der Waals surface area contributed by atoms with Gasteiger partial charge in [-0.2, -0.15) is 0 Å². The third-order valence-electron chi connectivity index (χ3n) is 6.11. The Morgan fingerprint density at radius 1 is 1.00 bits per heavy atom. The second-order valence-electron chi connectivity index (χ2n) is 8.17. The van der Waals surface area contributed by atoms with Crippen LogP contribution in [0.1, 0.15) is 51.3 Å². The Bertz CT molecular complexity index is 882. The fourth-order valence-corrected chi connectivity index (χ4v) is 3.87. The molecule has 1 aliphatic heterocycles. The minimum atomic E-state index is -0.940. The van der Waals surface area contributed by atoms with E-state index in [-0.39, 0.29) is 5.73 Å². The summed E-state index contributed by atoms with van der Waals surface area (Å²) in [6.45, 7) is 9.60. The highest BCUT2D eigenvalue weighted by atomic mass is 19.1. The van der Waals surface area contributed by atoms with Gasteiger partial charge in [-0.15, -0.1) is 0 Å². The van der Waals surface area contributed by atoms with Gasteiger partial charge in [0.2, 0.25) is 0 Å². The number of hydrogen-bond acceptors (Lipinski definition) is 2. The van der Waals surface area contributed by atoms with Crippen LogP contribution in [0, 0.1) is 0 Å². The Morgan fingerprint density at radius 2 is 1.68 bits per heavy atom. The molecule has 0 bridgehead atoms. The monoisotopic (exact) mass is 338 g/mol. The summed E-state index contributed by atoms with van der Waals surface area (Å²) in [5.41, 5.74) is 2.80. The van der Waals surface area contributed by atoms with E-state index in [0.717, 1.165) is 18.4 Å². The minimum Gasteiger partial charge on any atom is -0.398 e. The molecule has 2 aromatic rings. The van der Waals surface area contributed by atoms with Crippen LogP contribution in [0.4, 0.5) is 4.39 Å². The average Bonchev–Trinajstić information content (AvgIpc) is 3.07. The molecule has 2 aromatic carbocycles. The van der Waals surface area contributed by atoms with Gasteiger partial charge in [-0.1, -0.05) is 30.3 Å². The van der Waals surface area contributed by atoms with Crippen molar-refractivity contribution in [1.82, 2.24) is 0 Å². The molecule has 1 aliphatic carbocycles. The number of halogens is 1. The topological polar surface area (TPSA) is 18.5 Å². The quantitative estimate of drug-likeness (QED) is 0.695. The zero-order valence-corrected chi connectivity index (χ0v) is 15.6.